The highest BCUT2D eigenvalue weighted by Crippen LogP contribution is 2.15. The summed E-state index contributed by atoms with van der Waals surface area (Å²) in [5, 5.41) is 11.8. The lowest BCUT2D eigenvalue weighted by Crippen LogP contribution is -2.35. The summed E-state index contributed by atoms with van der Waals surface area (Å²) in [7, 11) is 0. The topological polar surface area (TPSA) is 108 Å². The van der Waals surface area contributed by atoms with Crippen LogP contribution in [0.25, 0.3) is 0 Å². The van der Waals surface area contributed by atoms with E-state index in [-0.39, 0.29) is 36.3 Å². The lowest BCUT2D eigenvalue weighted by Gasteiger charge is -2.10. The predicted molar refractivity (Wildman–Crippen MR) is 133 cm³/mol. The second-order valence-electron chi connectivity index (χ2n) is 7.31. The Hall–Kier alpha value is -4.72. The number of nitrogens with one attached hydrogen (secondary N) is 4. The molecule has 0 saturated carbocycles. The molecule has 4 aromatic rings. The normalized spacial score (nSPS) is 10.2. The SMILES string of the molecule is O=C(NCCNC(=O)c1cccc(Nc2ccccc2)n1)c1cccc(Nc2ccccc2)n1. The number of rotatable bonds is 9. The Morgan fingerprint density at radius 1 is 0.529 bits per heavy atom. The predicted octanol–water partition coefficient (Wildman–Crippen LogP) is 4.12. The van der Waals surface area contributed by atoms with Crippen LogP contribution in [0.1, 0.15) is 21.0 Å². The van der Waals surface area contributed by atoms with Gasteiger partial charge in [-0.15, -0.1) is 0 Å². The van der Waals surface area contributed by atoms with E-state index in [2.05, 4.69) is 31.2 Å². The third-order valence-corrected chi connectivity index (χ3v) is 4.75. The summed E-state index contributed by atoms with van der Waals surface area (Å²) >= 11 is 0. The average Bonchev–Trinajstić information content (AvgIpc) is 2.88. The minimum atomic E-state index is -0.321. The number of amides is 2. The van der Waals surface area contributed by atoms with E-state index in [0.29, 0.717) is 11.6 Å². The second-order valence-corrected chi connectivity index (χ2v) is 7.31. The molecule has 0 aliphatic heterocycles. The maximum Gasteiger partial charge on any atom is 0.270 e. The number of anilines is 4. The molecule has 8 nitrogen and oxygen atoms in total. The van der Waals surface area contributed by atoms with Crippen LogP contribution in [0.5, 0.6) is 0 Å². The third kappa shape index (κ3) is 6.39. The van der Waals surface area contributed by atoms with Crippen LogP contribution < -0.4 is 21.3 Å². The highest BCUT2D eigenvalue weighted by Gasteiger charge is 2.10. The Bertz CT molecular complexity index is 1150. The first-order chi connectivity index (χ1) is 16.7. The maximum atomic E-state index is 12.4. The quantitative estimate of drug-likeness (QED) is 0.285. The van der Waals surface area contributed by atoms with Gasteiger partial charge in [0.2, 0.25) is 0 Å². The van der Waals surface area contributed by atoms with Crippen molar-refractivity contribution in [3.63, 3.8) is 0 Å². The molecule has 4 rings (SSSR count). The largest absolute Gasteiger partial charge is 0.349 e. The van der Waals surface area contributed by atoms with Crippen LogP contribution >= 0.6 is 0 Å². The van der Waals surface area contributed by atoms with Crippen molar-refractivity contribution < 1.29 is 9.59 Å². The molecule has 2 aromatic heterocycles. The molecule has 4 N–H and O–H groups in total. The number of benzene rings is 2. The van der Waals surface area contributed by atoms with Crippen molar-refractivity contribution in [2.75, 3.05) is 23.7 Å². The van der Waals surface area contributed by atoms with E-state index < -0.39 is 0 Å². The summed E-state index contributed by atoms with van der Waals surface area (Å²) < 4.78 is 0. The van der Waals surface area contributed by atoms with Crippen LogP contribution in [-0.4, -0.2) is 34.9 Å². The molecule has 8 heteroatoms. The standard InChI is InChI=1S/C26H24N6O2/c33-25(21-13-7-15-23(31-21)29-19-9-3-1-4-10-19)27-17-18-28-26(34)22-14-8-16-24(32-22)30-20-11-5-2-6-12-20/h1-16H,17-18H2,(H,27,33)(H,28,34)(H,29,31)(H,30,32). The van der Waals surface area contributed by atoms with Crippen molar-refractivity contribution in [1.29, 1.82) is 0 Å². The summed E-state index contributed by atoms with van der Waals surface area (Å²) in [6, 6.07) is 29.6. The molecular weight excluding hydrogens is 428 g/mol. The summed E-state index contributed by atoms with van der Waals surface area (Å²) in [4.78, 5) is 33.6. The minimum absolute atomic E-state index is 0.255. The fourth-order valence-corrected chi connectivity index (χ4v) is 3.13. The summed E-state index contributed by atoms with van der Waals surface area (Å²) in [5.41, 5.74) is 2.33. The molecule has 0 unspecified atom stereocenters. The van der Waals surface area contributed by atoms with Gasteiger partial charge in [-0.05, 0) is 48.5 Å². The molecule has 0 aliphatic carbocycles. The highest BCUT2D eigenvalue weighted by atomic mass is 16.2. The minimum Gasteiger partial charge on any atom is -0.349 e. The number of nitrogens with zero attached hydrogens (tertiary/aromatic N) is 2. The molecule has 170 valence electrons. The molecule has 2 heterocycles. The van der Waals surface area contributed by atoms with Gasteiger partial charge in [0.1, 0.15) is 23.0 Å². The van der Waals surface area contributed by atoms with E-state index in [0.717, 1.165) is 11.4 Å². The van der Waals surface area contributed by atoms with E-state index in [4.69, 9.17) is 0 Å². The lowest BCUT2D eigenvalue weighted by atomic mass is 10.3. The molecule has 0 radical (unpaired) electrons. The smallest absolute Gasteiger partial charge is 0.270 e. The van der Waals surface area contributed by atoms with E-state index in [9.17, 15) is 9.59 Å². The first-order valence-electron chi connectivity index (χ1n) is 10.8. The van der Waals surface area contributed by atoms with Gasteiger partial charge in [-0.3, -0.25) is 9.59 Å². The van der Waals surface area contributed by atoms with Crippen molar-refractivity contribution in [3.8, 4) is 0 Å². The van der Waals surface area contributed by atoms with Gasteiger partial charge in [0.05, 0.1) is 0 Å². The lowest BCUT2D eigenvalue weighted by molar-refractivity contribution is 0.0923. The Morgan fingerprint density at radius 3 is 1.35 bits per heavy atom. The first-order valence-corrected chi connectivity index (χ1v) is 10.8. The third-order valence-electron chi connectivity index (χ3n) is 4.75. The zero-order valence-corrected chi connectivity index (χ0v) is 18.4. The summed E-state index contributed by atoms with van der Waals surface area (Å²) in [6.07, 6.45) is 0. The van der Waals surface area contributed by atoms with Gasteiger partial charge < -0.3 is 21.3 Å². The van der Waals surface area contributed by atoms with Gasteiger partial charge >= 0.3 is 0 Å². The molecular formula is C26H24N6O2. The molecule has 2 aromatic carbocycles. The van der Waals surface area contributed by atoms with E-state index in [1.54, 1.807) is 36.4 Å². The average molecular weight is 453 g/mol. The Kier molecular flexibility index (Phi) is 7.43. The molecule has 0 bridgehead atoms. The number of carbonyl (C=O) groups is 2. The van der Waals surface area contributed by atoms with Crippen LogP contribution in [0, 0.1) is 0 Å². The van der Waals surface area contributed by atoms with E-state index in [1.165, 1.54) is 0 Å². The second kappa shape index (κ2) is 11.2. The first kappa shape index (κ1) is 22.5. The molecule has 0 atom stereocenters. The van der Waals surface area contributed by atoms with Crippen LogP contribution in [0.3, 0.4) is 0 Å². The fraction of sp³-hybridized carbons (Fsp3) is 0.0769. The maximum absolute atomic E-state index is 12.4. The zero-order chi connectivity index (χ0) is 23.6. The number of hydrogen-bond donors (Lipinski definition) is 4. The van der Waals surface area contributed by atoms with Crippen LogP contribution in [0.2, 0.25) is 0 Å². The van der Waals surface area contributed by atoms with E-state index in [1.807, 2.05) is 60.7 Å². The highest BCUT2D eigenvalue weighted by molar-refractivity contribution is 5.93. The van der Waals surface area contributed by atoms with Gasteiger partial charge in [-0.25, -0.2) is 9.97 Å². The van der Waals surface area contributed by atoms with Crippen molar-refractivity contribution in [2.24, 2.45) is 0 Å². The number of hydrogen-bond acceptors (Lipinski definition) is 6. The molecule has 0 aliphatic rings. The summed E-state index contributed by atoms with van der Waals surface area (Å²) in [5.74, 6) is 0.501. The molecule has 0 spiro atoms. The molecule has 2 amide bonds. The monoisotopic (exact) mass is 452 g/mol. The number of para-hydroxylation sites is 2. The van der Waals surface area contributed by atoms with Gasteiger partial charge in [-0.1, -0.05) is 48.5 Å². The Morgan fingerprint density at radius 2 is 0.941 bits per heavy atom. The van der Waals surface area contributed by atoms with Crippen LogP contribution in [0.15, 0.2) is 97.1 Å². The van der Waals surface area contributed by atoms with Crippen molar-refractivity contribution in [1.82, 2.24) is 20.6 Å². The molecule has 0 fully saturated rings. The van der Waals surface area contributed by atoms with Gasteiger partial charge in [0, 0.05) is 24.5 Å². The van der Waals surface area contributed by atoms with Crippen LogP contribution in [-0.2, 0) is 0 Å². The van der Waals surface area contributed by atoms with Crippen LogP contribution in [0.4, 0.5) is 23.0 Å². The number of aromatic nitrogens is 2. The van der Waals surface area contributed by atoms with Crippen molar-refractivity contribution in [2.45, 2.75) is 0 Å². The van der Waals surface area contributed by atoms with Gasteiger partial charge in [-0.2, -0.15) is 0 Å². The molecule has 34 heavy (non-hydrogen) atoms. The Balaban J connectivity index is 1.25. The van der Waals surface area contributed by atoms with E-state index >= 15 is 0 Å². The fourth-order valence-electron chi connectivity index (χ4n) is 3.13. The summed E-state index contributed by atoms with van der Waals surface area (Å²) in [6.45, 7) is 0.509. The van der Waals surface area contributed by atoms with Gasteiger partial charge in [0.25, 0.3) is 11.8 Å². The number of carbonyl (C=O) groups excluding carboxylic acids is 2. The number of pyridine rings is 2. The Labute approximate surface area is 197 Å². The van der Waals surface area contributed by atoms with Crippen molar-refractivity contribution in [3.05, 3.63) is 108 Å². The zero-order valence-electron chi connectivity index (χ0n) is 18.4. The van der Waals surface area contributed by atoms with Gasteiger partial charge in [0.15, 0.2) is 0 Å². The van der Waals surface area contributed by atoms with Crippen molar-refractivity contribution >= 4 is 34.8 Å². The molecule has 0 saturated heterocycles.